The fraction of sp³-hybridized carbons (Fsp3) is 0.900. The summed E-state index contributed by atoms with van der Waals surface area (Å²) in [5, 5.41) is 0. The van der Waals surface area contributed by atoms with Gasteiger partial charge in [-0.05, 0) is 32.4 Å². The standard InChI is InChI=1S/C10H20N2O/c1-9(13)12(3)8-10-5-4-6-11(2)7-10/h10H,4-8H2,1-3H3. The van der Waals surface area contributed by atoms with Gasteiger partial charge in [-0.2, -0.15) is 0 Å². The Morgan fingerprint density at radius 3 is 2.85 bits per heavy atom. The van der Waals surface area contributed by atoms with Crippen LogP contribution in [0.5, 0.6) is 0 Å². The lowest BCUT2D eigenvalue weighted by molar-refractivity contribution is -0.128. The SMILES string of the molecule is CC(=O)N(C)CC1CCCN(C)C1. The second-order valence-corrected chi connectivity index (χ2v) is 4.17. The molecular formula is C10H20N2O. The van der Waals surface area contributed by atoms with Crippen molar-refractivity contribution in [1.29, 1.82) is 0 Å². The summed E-state index contributed by atoms with van der Waals surface area (Å²) in [5.41, 5.74) is 0. The molecule has 13 heavy (non-hydrogen) atoms. The van der Waals surface area contributed by atoms with Crippen LogP contribution in [-0.2, 0) is 4.79 Å². The highest BCUT2D eigenvalue weighted by molar-refractivity contribution is 5.72. The van der Waals surface area contributed by atoms with Crippen LogP contribution in [0.2, 0.25) is 0 Å². The van der Waals surface area contributed by atoms with E-state index in [9.17, 15) is 4.79 Å². The van der Waals surface area contributed by atoms with E-state index in [1.165, 1.54) is 19.4 Å². The maximum absolute atomic E-state index is 11.0. The predicted molar refractivity (Wildman–Crippen MR) is 53.5 cm³/mol. The van der Waals surface area contributed by atoms with E-state index >= 15 is 0 Å². The summed E-state index contributed by atoms with van der Waals surface area (Å²) < 4.78 is 0. The zero-order chi connectivity index (χ0) is 9.84. The van der Waals surface area contributed by atoms with Crippen molar-refractivity contribution in [1.82, 2.24) is 9.80 Å². The number of hydrogen-bond donors (Lipinski definition) is 0. The molecule has 0 aromatic carbocycles. The Bertz CT molecular complexity index is 182. The number of nitrogens with zero attached hydrogens (tertiary/aromatic N) is 2. The first-order valence-corrected chi connectivity index (χ1v) is 5.00. The second kappa shape index (κ2) is 4.61. The largest absolute Gasteiger partial charge is 0.346 e. The van der Waals surface area contributed by atoms with Crippen molar-refractivity contribution in [3.8, 4) is 0 Å². The molecule has 0 aromatic rings. The zero-order valence-electron chi connectivity index (χ0n) is 8.92. The number of rotatable bonds is 2. The molecule has 0 saturated carbocycles. The van der Waals surface area contributed by atoms with Crippen LogP contribution in [0, 0.1) is 5.92 Å². The molecule has 0 aliphatic carbocycles. The van der Waals surface area contributed by atoms with E-state index in [0.29, 0.717) is 5.92 Å². The monoisotopic (exact) mass is 184 g/mol. The van der Waals surface area contributed by atoms with Crippen LogP contribution in [-0.4, -0.2) is 49.4 Å². The molecule has 1 heterocycles. The van der Waals surface area contributed by atoms with Gasteiger partial charge in [-0.1, -0.05) is 0 Å². The number of piperidine rings is 1. The van der Waals surface area contributed by atoms with Gasteiger partial charge in [0.05, 0.1) is 0 Å². The Labute approximate surface area is 80.7 Å². The van der Waals surface area contributed by atoms with E-state index in [-0.39, 0.29) is 5.91 Å². The first kappa shape index (κ1) is 10.5. The molecule has 1 atom stereocenters. The van der Waals surface area contributed by atoms with E-state index in [2.05, 4.69) is 11.9 Å². The average Bonchev–Trinajstić information content (AvgIpc) is 2.04. The number of likely N-dealkylation sites (tertiary alicyclic amines) is 1. The van der Waals surface area contributed by atoms with E-state index in [0.717, 1.165) is 13.1 Å². The first-order chi connectivity index (χ1) is 6.09. The summed E-state index contributed by atoms with van der Waals surface area (Å²) in [6, 6.07) is 0. The molecule has 1 aliphatic heterocycles. The van der Waals surface area contributed by atoms with Crippen LogP contribution < -0.4 is 0 Å². The fourth-order valence-corrected chi connectivity index (χ4v) is 1.94. The maximum atomic E-state index is 11.0. The molecule has 0 N–H and O–H groups in total. The molecule has 1 amide bonds. The lowest BCUT2D eigenvalue weighted by Gasteiger charge is -2.32. The quantitative estimate of drug-likeness (QED) is 0.634. The van der Waals surface area contributed by atoms with E-state index in [1.54, 1.807) is 6.92 Å². The van der Waals surface area contributed by atoms with Gasteiger partial charge in [0, 0.05) is 27.1 Å². The molecule has 0 radical (unpaired) electrons. The van der Waals surface area contributed by atoms with Crippen molar-refractivity contribution in [3.05, 3.63) is 0 Å². The Morgan fingerprint density at radius 1 is 1.62 bits per heavy atom. The second-order valence-electron chi connectivity index (χ2n) is 4.17. The summed E-state index contributed by atoms with van der Waals surface area (Å²) in [4.78, 5) is 15.2. The summed E-state index contributed by atoms with van der Waals surface area (Å²) in [7, 11) is 4.04. The molecule has 3 nitrogen and oxygen atoms in total. The zero-order valence-corrected chi connectivity index (χ0v) is 8.92. The molecule has 0 aromatic heterocycles. The summed E-state index contributed by atoms with van der Waals surface area (Å²) >= 11 is 0. The smallest absolute Gasteiger partial charge is 0.219 e. The molecule has 1 unspecified atom stereocenters. The van der Waals surface area contributed by atoms with Crippen LogP contribution in [0.25, 0.3) is 0 Å². The van der Waals surface area contributed by atoms with Gasteiger partial charge < -0.3 is 9.80 Å². The van der Waals surface area contributed by atoms with Gasteiger partial charge in [-0.25, -0.2) is 0 Å². The molecule has 76 valence electrons. The predicted octanol–water partition coefficient (Wildman–Crippen LogP) is 0.806. The number of hydrogen-bond acceptors (Lipinski definition) is 2. The van der Waals surface area contributed by atoms with Crippen molar-refractivity contribution >= 4 is 5.91 Å². The Hall–Kier alpha value is -0.570. The van der Waals surface area contributed by atoms with Crippen LogP contribution in [0.4, 0.5) is 0 Å². The summed E-state index contributed by atoms with van der Waals surface area (Å²) in [5.74, 6) is 0.848. The highest BCUT2D eigenvalue weighted by Crippen LogP contribution is 2.15. The van der Waals surface area contributed by atoms with Gasteiger partial charge in [0.25, 0.3) is 0 Å². The van der Waals surface area contributed by atoms with Gasteiger partial charge in [0.2, 0.25) is 5.91 Å². The summed E-state index contributed by atoms with van der Waals surface area (Å²) in [6.07, 6.45) is 2.54. The van der Waals surface area contributed by atoms with Crippen LogP contribution in [0.1, 0.15) is 19.8 Å². The van der Waals surface area contributed by atoms with Crippen LogP contribution in [0.15, 0.2) is 0 Å². The van der Waals surface area contributed by atoms with Gasteiger partial charge in [0.1, 0.15) is 0 Å². The lowest BCUT2D eigenvalue weighted by Crippen LogP contribution is -2.39. The maximum Gasteiger partial charge on any atom is 0.219 e. The molecule has 0 spiro atoms. The Kier molecular flexibility index (Phi) is 3.72. The van der Waals surface area contributed by atoms with Gasteiger partial charge in [-0.15, -0.1) is 0 Å². The fourth-order valence-electron chi connectivity index (χ4n) is 1.94. The van der Waals surface area contributed by atoms with Crippen molar-refractivity contribution in [2.75, 3.05) is 33.7 Å². The minimum Gasteiger partial charge on any atom is -0.346 e. The topological polar surface area (TPSA) is 23.6 Å². The minimum atomic E-state index is 0.174. The minimum absolute atomic E-state index is 0.174. The van der Waals surface area contributed by atoms with E-state index in [4.69, 9.17) is 0 Å². The molecule has 3 heteroatoms. The average molecular weight is 184 g/mol. The Balaban J connectivity index is 2.31. The van der Waals surface area contributed by atoms with Crippen molar-refractivity contribution < 1.29 is 4.79 Å². The third kappa shape index (κ3) is 3.35. The Morgan fingerprint density at radius 2 is 2.31 bits per heavy atom. The van der Waals surface area contributed by atoms with Gasteiger partial charge >= 0.3 is 0 Å². The van der Waals surface area contributed by atoms with Crippen molar-refractivity contribution in [2.24, 2.45) is 5.92 Å². The highest BCUT2D eigenvalue weighted by Gasteiger charge is 2.19. The third-order valence-corrected chi connectivity index (χ3v) is 2.79. The van der Waals surface area contributed by atoms with Crippen LogP contribution in [0.3, 0.4) is 0 Å². The first-order valence-electron chi connectivity index (χ1n) is 5.00. The van der Waals surface area contributed by atoms with Crippen molar-refractivity contribution in [3.63, 3.8) is 0 Å². The number of carbonyl (C=O) groups excluding carboxylic acids is 1. The van der Waals surface area contributed by atoms with E-state index < -0.39 is 0 Å². The molecule has 1 rings (SSSR count). The third-order valence-electron chi connectivity index (χ3n) is 2.79. The van der Waals surface area contributed by atoms with Gasteiger partial charge in [-0.3, -0.25) is 4.79 Å². The lowest BCUT2D eigenvalue weighted by atomic mass is 9.98. The molecule has 0 bridgehead atoms. The van der Waals surface area contributed by atoms with E-state index in [1.807, 2.05) is 11.9 Å². The van der Waals surface area contributed by atoms with Crippen LogP contribution >= 0.6 is 0 Å². The van der Waals surface area contributed by atoms with Crippen molar-refractivity contribution in [2.45, 2.75) is 19.8 Å². The number of carbonyl (C=O) groups is 1. The molecule has 1 fully saturated rings. The summed E-state index contributed by atoms with van der Waals surface area (Å²) in [6.45, 7) is 4.89. The molecular weight excluding hydrogens is 164 g/mol. The molecule has 1 aliphatic rings. The van der Waals surface area contributed by atoms with Gasteiger partial charge in [0.15, 0.2) is 0 Å². The molecule has 1 saturated heterocycles. The highest BCUT2D eigenvalue weighted by atomic mass is 16.2. The number of amides is 1. The normalized spacial score (nSPS) is 24.4.